The van der Waals surface area contributed by atoms with E-state index in [0.29, 0.717) is 5.56 Å². The fraction of sp³-hybridized carbons (Fsp3) is 0.417. The van der Waals surface area contributed by atoms with Gasteiger partial charge in [0.25, 0.3) is 5.91 Å². The van der Waals surface area contributed by atoms with E-state index in [1.54, 1.807) is 18.2 Å². The summed E-state index contributed by atoms with van der Waals surface area (Å²) in [5.41, 5.74) is 2.42. The third-order valence-corrected chi connectivity index (χ3v) is 2.77. The van der Waals surface area contributed by atoms with E-state index in [1.807, 2.05) is 0 Å². The molecule has 1 amide bonds. The van der Waals surface area contributed by atoms with Crippen LogP contribution in [0.4, 0.5) is 18.9 Å². The molecule has 0 bridgehead atoms. The van der Waals surface area contributed by atoms with E-state index in [4.69, 9.17) is 0 Å². The van der Waals surface area contributed by atoms with Crippen molar-refractivity contribution >= 4 is 24.0 Å². The fourth-order valence-electron chi connectivity index (χ4n) is 1.87. The second-order valence-electron chi connectivity index (χ2n) is 4.17. The molecule has 0 spiro atoms. The molecule has 0 radical (unpaired) electrons. The monoisotopic (exact) mass is 294 g/mol. The maximum Gasteiger partial charge on any atom is 0.390 e. The first-order chi connectivity index (χ1) is 8.46. The smallest absolute Gasteiger partial charge is 0.384 e. The van der Waals surface area contributed by atoms with E-state index in [-0.39, 0.29) is 12.4 Å². The normalized spacial score (nSPS) is 13.2. The van der Waals surface area contributed by atoms with Gasteiger partial charge >= 0.3 is 6.18 Å². The Kier molecular flexibility index (Phi) is 5.05. The number of hydrogen-bond donors (Lipinski definition) is 2. The number of nitrogens with one attached hydrogen (secondary N) is 2. The largest absolute Gasteiger partial charge is 0.390 e. The van der Waals surface area contributed by atoms with Gasteiger partial charge in [-0.1, -0.05) is 0 Å². The van der Waals surface area contributed by atoms with Crippen LogP contribution in [-0.2, 0) is 6.42 Å². The lowest BCUT2D eigenvalue weighted by Gasteiger charge is -2.08. The predicted octanol–water partition coefficient (Wildman–Crippen LogP) is 2.76. The Hall–Kier alpha value is -1.43. The first-order valence-electron chi connectivity index (χ1n) is 5.67. The minimum absolute atomic E-state index is 0. The number of fused-ring (bicyclic) bond motifs is 1. The summed E-state index contributed by atoms with van der Waals surface area (Å²) in [6.07, 6.45) is -4.42. The highest BCUT2D eigenvalue weighted by molar-refractivity contribution is 5.95. The van der Waals surface area contributed by atoms with Gasteiger partial charge in [0.15, 0.2) is 0 Å². The molecule has 0 aromatic heterocycles. The molecular formula is C12H14ClF3N2O. The van der Waals surface area contributed by atoms with Crippen molar-refractivity contribution < 1.29 is 18.0 Å². The molecule has 3 nitrogen and oxygen atoms in total. The Morgan fingerprint density at radius 2 is 2.11 bits per heavy atom. The quantitative estimate of drug-likeness (QED) is 0.900. The van der Waals surface area contributed by atoms with E-state index < -0.39 is 25.0 Å². The van der Waals surface area contributed by atoms with Crippen molar-refractivity contribution in [2.24, 2.45) is 0 Å². The zero-order chi connectivity index (χ0) is 13.2. The van der Waals surface area contributed by atoms with Crippen LogP contribution in [0.5, 0.6) is 0 Å². The molecule has 0 fully saturated rings. The Morgan fingerprint density at radius 3 is 2.79 bits per heavy atom. The number of hydrogen-bond acceptors (Lipinski definition) is 2. The van der Waals surface area contributed by atoms with Crippen LogP contribution in [0.2, 0.25) is 0 Å². The molecule has 7 heteroatoms. The third kappa shape index (κ3) is 4.31. The summed E-state index contributed by atoms with van der Waals surface area (Å²) in [6.45, 7) is 0.437. The van der Waals surface area contributed by atoms with Crippen LogP contribution >= 0.6 is 12.4 Å². The van der Waals surface area contributed by atoms with Crippen molar-refractivity contribution in [1.82, 2.24) is 5.32 Å². The molecular weight excluding hydrogens is 281 g/mol. The number of rotatable bonds is 3. The van der Waals surface area contributed by atoms with Gasteiger partial charge in [0.1, 0.15) is 0 Å². The molecule has 2 N–H and O–H groups in total. The van der Waals surface area contributed by atoms with Gasteiger partial charge in [-0.2, -0.15) is 13.2 Å². The topological polar surface area (TPSA) is 41.1 Å². The maximum absolute atomic E-state index is 11.9. The van der Waals surface area contributed by atoms with E-state index >= 15 is 0 Å². The van der Waals surface area contributed by atoms with Crippen molar-refractivity contribution in [2.75, 3.05) is 18.4 Å². The first-order valence-corrected chi connectivity index (χ1v) is 5.67. The number of amides is 1. The molecule has 1 aromatic carbocycles. The van der Waals surface area contributed by atoms with Crippen molar-refractivity contribution in [1.29, 1.82) is 0 Å². The predicted molar refractivity (Wildman–Crippen MR) is 68.9 cm³/mol. The molecule has 19 heavy (non-hydrogen) atoms. The second kappa shape index (κ2) is 6.14. The molecule has 0 saturated carbocycles. The van der Waals surface area contributed by atoms with E-state index in [9.17, 15) is 18.0 Å². The van der Waals surface area contributed by atoms with Gasteiger partial charge in [-0.3, -0.25) is 4.79 Å². The second-order valence-corrected chi connectivity index (χ2v) is 4.17. The molecule has 1 aliphatic rings. The number of alkyl halides is 3. The lowest BCUT2D eigenvalue weighted by Crippen LogP contribution is -2.27. The Bertz CT molecular complexity index is 463. The zero-order valence-corrected chi connectivity index (χ0v) is 10.8. The Balaban J connectivity index is 0.00000180. The van der Waals surface area contributed by atoms with Crippen LogP contribution in [0.15, 0.2) is 18.2 Å². The maximum atomic E-state index is 11.9. The van der Waals surface area contributed by atoms with Crippen molar-refractivity contribution in [3.63, 3.8) is 0 Å². The number of carbonyl (C=O) groups excluding carboxylic acids is 1. The zero-order valence-electron chi connectivity index (χ0n) is 10.0. The van der Waals surface area contributed by atoms with Crippen LogP contribution in [0.3, 0.4) is 0 Å². The number of anilines is 1. The highest BCUT2D eigenvalue weighted by Gasteiger charge is 2.26. The van der Waals surface area contributed by atoms with Crippen molar-refractivity contribution in [2.45, 2.75) is 19.0 Å². The van der Waals surface area contributed by atoms with E-state index in [0.717, 1.165) is 24.2 Å². The van der Waals surface area contributed by atoms with Gasteiger partial charge < -0.3 is 10.6 Å². The summed E-state index contributed by atoms with van der Waals surface area (Å²) in [5.74, 6) is -0.464. The van der Waals surface area contributed by atoms with Crippen LogP contribution < -0.4 is 10.6 Å². The summed E-state index contributed by atoms with van der Waals surface area (Å²) in [4.78, 5) is 11.6. The SMILES string of the molecule is Cl.O=C(NCCC(F)(F)F)c1ccc2c(c1)CCN2. The van der Waals surface area contributed by atoms with Crippen molar-refractivity contribution in [3.8, 4) is 0 Å². The fourth-order valence-corrected chi connectivity index (χ4v) is 1.87. The van der Waals surface area contributed by atoms with Gasteiger partial charge in [-0.15, -0.1) is 12.4 Å². The summed E-state index contributed by atoms with van der Waals surface area (Å²) < 4.78 is 35.8. The molecule has 1 heterocycles. The summed E-state index contributed by atoms with van der Waals surface area (Å²) >= 11 is 0. The van der Waals surface area contributed by atoms with Crippen LogP contribution in [0.25, 0.3) is 0 Å². The molecule has 0 atom stereocenters. The lowest BCUT2D eigenvalue weighted by atomic mass is 10.1. The molecule has 0 unspecified atom stereocenters. The standard InChI is InChI=1S/C12H13F3N2O.ClH/c13-12(14,15)4-6-17-11(18)9-1-2-10-8(7-9)3-5-16-10;/h1-2,7,16H,3-6H2,(H,17,18);1H. The highest BCUT2D eigenvalue weighted by atomic mass is 35.5. The van der Waals surface area contributed by atoms with Gasteiger partial charge in [0.2, 0.25) is 0 Å². The van der Waals surface area contributed by atoms with Gasteiger partial charge in [0.05, 0.1) is 6.42 Å². The van der Waals surface area contributed by atoms with Gasteiger partial charge in [-0.25, -0.2) is 0 Å². The molecule has 1 aromatic rings. The number of carbonyl (C=O) groups is 1. The summed E-state index contributed by atoms with van der Waals surface area (Å²) in [6, 6.07) is 5.11. The van der Waals surface area contributed by atoms with Crippen LogP contribution in [0, 0.1) is 0 Å². The van der Waals surface area contributed by atoms with E-state index in [1.165, 1.54) is 0 Å². The summed E-state index contributed by atoms with van der Waals surface area (Å²) in [7, 11) is 0. The third-order valence-electron chi connectivity index (χ3n) is 2.77. The van der Waals surface area contributed by atoms with Crippen LogP contribution in [0.1, 0.15) is 22.3 Å². The highest BCUT2D eigenvalue weighted by Crippen LogP contribution is 2.23. The molecule has 1 aliphatic heterocycles. The first kappa shape index (κ1) is 15.6. The molecule has 0 saturated heterocycles. The average Bonchev–Trinajstić information content (AvgIpc) is 2.73. The molecule has 0 aliphatic carbocycles. The lowest BCUT2D eigenvalue weighted by molar-refractivity contribution is -0.132. The number of halogens is 4. The average molecular weight is 295 g/mol. The molecule has 106 valence electrons. The van der Waals surface area contributed by atoms with Crippen LogP contribution in [-0.4, -0.2) is 25.2 Å². The number of benzene rings is 1. The molecule has 2 rings (SSSR count). The van der Waals surface area contributed by atoms with Gasteiger partial charge in [-0.05, 0) is 30.2 Å². The summed E-state index contributed by atoms with van der Waals surface area (Å²) in [5, 5.41) is 5.42. The minimum atomic E-state index is -4.24. The van der Waals surface area contributed by atoms with Gasteiger partial charge in [0, 0.05) is 24.3 Å². The van der Waals surface area contributed by atoms with E-state index in [2.05, 4.69) is 10.6 Å². The Morgan fingerprint density at radius 1 is 1.37 bits per heavy atom. The minimum Gasteiger partial charge on any atom is -0.384 e. The Labute approximate surface area is 115 Å². The van der Waals surface area contributed by atoms with Crippen molar-refractivity contribution in [3.05, 3.63) is 29.3 Å².